The van der Waals surface area contributed by atoms with Crippen LogP contribution in [0.4, 0.5) is 0 Å². The summed E-state index contributed by atoms with van der Waals surface area (Å²) in [6, 6.07) is 0.155. The lowest BCUT2D eigenvalue weighted by Crippen LogP contribution is -2.52. The minimum atomic E-state index is 0.155. The summed E-state index contributed by atoms with van der Waals surface area (Å²) in [7, 11) is 1.74. The highest BCUT2D eigenvalue weighted by Crippen LogP contribution is 2.26. The predicted octanol–water partition coefficient (Wildman–Crippen LogP) is 1.31. The third-order valence-corrected chi connectivity index (χ3v) is 4.17. The Morgan fingerprint density at radius 2 is 2.28 bits per heavy atom. The number of nitrogens with zero attached hydrogens (tertiary/aromatic N) is 1. The molecule has 102 valence electrons. The fourth-order valence-corrected chi connectivity index (χ4v) is 2.99. The smallest absolute Gasteiger partial charge is 0.226 e. The maximum atomic E-state index is 12.5. The van der Waals surface area contributed by atoms with E-state index < -0.39 is 0 Å². The van der Waals surface area contributed by atoms with Crippen molar-refractivity contribution in [2.75, 3.05) is 20.2 Å². The van der Waals surface area contributed by atoms with Gasteiger partial charge in [0.1, 0.15) is 0 Å². The molecular weight excluding hydrogens is 228 g/mol. The lowest BCUT2D eigenvalue weighted by Gasteiger charge is -2.40. The number of hydrogen-bond donors (Lipinski definition) is 1. The quantitative estimate of drug-likeness (QED) is 0.770. The topological polar surface area (TPSA) is 55.6 Å². The maximum absolute atomic E-state index is 12.5. The lowest BCUT2D eigenvalue weighted by molar-refractivity contribution is -0.141. The summed E-state index contributed by atoms with van der Waals surface area (Å²) in [6.07, 6.45) is 9.26. The van der Waals surface area contributed by atoms with E-state index in [-0.39, 0.29) is 18.1 Å². The second-order valence-electron chi connectivity index (χ2n) is 5.28. The molecule has 0 radical (unpaired) electrons. The maximum Gasteiger partial charge on any atom is 0.226 e. The van der Waals surface area contributed by atoms with Crippen molar-refractivity contribution in [3.05, 3.63) is 12.2 Å². The number of allylic oxidation sites excluding steroid dienone is 2. The van der Waals surface area contributed by atoms with Gasteiger partial charge in [-0.25, -0.2) is 0 Å². The van der Waals surface area contributed by atoms with Gasteiger partial charge in [0.05, 0.1) is 6.10 Å². The third-order valence-electron chi connectivity index (χ3n) is 4.17. The molecule has 0 spiro atoms. The number of nitrogens with two attached hydrogens (primary N) is 1. The first-order valence-corrected chi connectivity index (χ1v) is 6.94. The number of piperidine rings is 1. The van der Waals surface area contributed by atoms with Gasteiger partial charge >= 0.3 is 0 Å². The second kappa shape index (κ2) is 6.34. The number of amides is 1. The first-order chi connectivity index (χ1) is 8.76. The molecule has 0 aromatic rings. The van der Waals surface area contributed by atoms with Gasteiger partial charge in [0.15, 0.2) is 0 Å². The van der Waals surface area contributed by atoms with Gasteiger partial charge in [0.25, 0.3) is 0 Å². The van der Waals surface area contributed by atoms with E-state index >= 15 is 0 Å². The molecule has 1 saturated heterocycles. The SMILES string of the molecule is COC1CCN(C(=O)C2CC=CCC2)C(CN)C1. The largest absolute Gasteiger partial charge is 0.381 e. The summed E-state index contributed by atoms with van der Waals surface area (Å²) in [5.74, 6) is 0.465. The van der Waals surface area contributed by atoms with E-state index in [4.69, 9.17) is 10.5 Å². The second-order valence-corrected chi connectivity index (χ2v) is 5.28. The predicted molar refractivity (Wildman–Crippen MR) is 71.1 cm³/mol. The van der Waals surface area contributed by atoms with Crippen LogP contribution in [-0.2, 0) is 9.53 Å². The monoisotopic (exact) mass is 252 g/mol. The van der Waals surface area contributed by atoms with Crippen LogP contribution < -0.4 is 5.73 Å². The van der Waals surface area contributed by atoms with Crippen LogP contribution in [-0.4, -0.2) is 43.2 Å². The van der Waals surface area contributed by atoms with Crippen molar-refractivity contribution < 1.29 is 9.53 Å². The molecule has 3 atom stereocenters. The number of carbonyl (C=O) groups excluding carboxylic acids is 1. The molecule has 1 heterocycles. The number of rotatable bonds is 3. The van der Waals surface area contributed by atoms with Gasteiger partial charge < -0.3 is 15.4 Å². The van der Waals surface area contributed by atoms with Crippen molar-refractivity contribution in [2.24, 2.45) is 11.7 Å². The van der Waals surface area contributed by atoms with Crippen molar-refractivity contribution in [1.82, 2.24) is 4.90 Å². The van der Waals surface area contributed by atoms with Gasteiger partial charge in [0, 0.05) is 32.2 Å². The Bertz CT molecular complexity index is 317. The molecule has 4 nitrogen and oxygen atoms in total. The zero-order valence-electron chi connectivity index (χ0n) is 11.2. The molecule has 1 fully saturated rings. The van der Waals surface area contributed by atoms with Gasteiger partial charge in [-0.3, -0.25) is 4.79 Å². The van der Waals surface area contributed by atoms with E-state index in [1.165, 1.54) is 0 Å². The van der Waals surface area contributed by atoms with Crippen LogP contribution in [0.25, 0.3) is 0 Å². The highest BCUT2D eigenvalue weighted by atomic mass is 16.5. The summed E-state index contributed by atoms with van der Waals surface area (Å²) in [4.78, 5) is 14.5. The Morgan fingerprint density at radius 1 is 1.44 bits per heavy atom. The average Bonchev–Trinajstić information content (AvgIpc) is 2.46. The van der Waals surface area contributed by atoms with E-state index in [0.717, 1.165) is 38.6 Å². The zero-order chi connectivity index (χ0) is 13.0. The average molecular weight is 252 g/mol. The van der Waals surface area contributed by atoms with Crippen molar-refractivity contribution in [3.8, 4) is 0 Å². The van der Waals surface area contributed by atoms with Crippen LogP contribution in [0.1, 0.15) is 32.1 Å². The first-order valence-electron chi connectivity index (χ1n) is 6.94. The molecule has 2 aliphatic rings. The molecule has 18 heavy (non-hydrogen) atoms. The van der Waals surface area contributed by atoms with Gasteiger partial charge in [-0.1, -0.05) is 12.2 Å². The van der Waals surface area contributed by atoms with Crippen molar-refractivity contribution in [1.29, 1.82) is 0 Å². The van der Waals surface area contributed by atoms with E-state index in [1.54, 1.807) is 7.11 Å². The minimum absolute atomic E-state index is 0.155. The molecule has 0 saturated carbocycles. The van der Waals surface area contributed by atoms with Crippen LogP contribution in [0.3, 0.4) is 0 Å². The summed E-state index contributed by atoms with van der Waals surface area (Å²) < 4.78 is 5.39. The minimum Gasteiger partial charge on any atom is -0.381 e. The number of methoxy groups -OCH3 is 1. The lowest BCUT2D eigenvalue weighted by atomic mass is 9.90. The Hall–Kier alpha value is -0.870. The van der Waals surface area contributed by atoms with Gasteiger partial charge in [0.2, 0.25) is 5.91 Å². The van der Waals surface area contributed by atoms with Gasteiger partial charge in [-0.15, -0.1) is 0 Å². The number of hydrogen-bond acceptors (Lipinski definition) is 3. The Balaban J connectivity index is 1.98. The fourth-order valence-electron chi connectivity index (χ4n) is 2.99. The molecule has 1 amide bonds. The molecule has 4 heteroatoms. The fraction of sp³-hybridized carbons (Fsp3) is 0.786. The summed E-state index contributed by atoms with van der Waals surface area (Å²) in [5, 5.41) is 0. The molecule has 1 aliphatic heterocycles. The van der Waals surface area contributed by atoms with Crippen LogP contribution in [0.5, 0.6) is 0 Å². The van der Waals surface area contributed by atoms with E-state index in [1.807, 2.05) is 4.90 Å². The van der Waals surface area contributed by atoms with Crippen LogP contribution in [0.15, 0.2) is 12.2 Å². The zero-order valence-corrected chi connectivity index (χ0v) is 11.2. The molecule has 0 bridgehead atoms. The van der Waals surface area contributed by atoms with Crippen LogP contribution in [0.2, 0.25) is 0 Å². The highest BCUT2D eigenvalue weighted by Gasteiger charge is 2.33. The molecule has 2 rings (SSSR count). The molecule has 2 N–H and O–H groups in total. The number of ether oxygens (including phenoxy) is 1. The molecule has 0 aromatic heterocycles. The third kappa shape index (κ3) is 2.93. The summed E-state index contributed by atoms with van der Waals surface area (Å²) in [6.45, 7) is 1.33. The summed E-state index contributed by atoms with van der Waals surface area (Å²) in [5.41, 5.74) is 5.81. The van der Waals surface area contributed by atoms with Crippen molar-refractivity contribution in [2.45, 2.75) is 44.2 Å². The Labute approximate surface area is 109 Å². The van der Waals surface area contributed by atoms with E-state index in [0.29, 0.717) is 12.5 Å². The van der Waals surface area contributed by atoms with Crippen molar-refractivity contribution in [3.63, 3.8) is 0 Å². The van der Waals surface area contributed by atoms with Crippen LogP contribution in [0, 0.1) is 5.92 Å². The van der Waals surface area contributed by atoms with Gasteiger partial charge in [-0.05, 0) is 32.1 Å². The van der Waals surface area contributed by atoms with Crippen LogP contribution >= 0.6 is 0 Å². The van der Waals surface area contributed by atoms with Gasteiger partial charge in [-0.2, -0.15) is 0 Å². The Kier molecular flexibility index (Phi) is 4.78. The highest BCUT2D eigenvalue weighted by molar-refractivity contribution is 5.79. The first kappa shape index (κ1) is 13.6. The van der Waals surface area contributed by atoms with E-state index in [2.05, 4.69) is 12.2 Å². The summed E-state index contributed by atoms with van der Waals surface area (Å²) >= 11 is 0. The standard InChI is InChI=1S/C14H24N2O2/c1-18-13-7-8-16(12(9-13)10-15)14(17)11-5-3-2-4-6-11/h2-3,11-13H,4-10,15H2,1H3. The Morgan fingerprint density at radius 3 is 2.89 bits per heavy atom. The van der Waals surface area contributed by atoms with E-state index in [9.17, 15) is 4.79 Å². The number of likely N-dealkylation sites (tertiary alicyclic amines) is 1. The molecular formula is C14H24N2O2. The molecule has 1 aliphatic carbocycles. The molecule has 0 aromatic carbocycles. The number of carbonyl (C=O) groups is 1. The normalized spacial score (nSPS) is 32.6. The van der Waals surface area contributed by atoms with Crippen molar-refractivity contribution >= 4 is 5.91 Å². The molecule has 3 unspecified atom stereocenters.